The Bertz CT molecular complexity index is 753. The molecule has 22 heavy (non-hydrogen) atoms. The summed E-state index contributed by atoms with van der Waals surface area (Å²) >= 11 is 0. The van der Waals surface area contributed by atoms with E-state index in [-0.39, 0.29) is 17.6 Å². The fraction of sp³-hybridized carbons (Fsp3) is 0.231. The second kappa shape index (κ2) is 8.26. The second-order valence-corrected chi connectivity index (χ2v) is 6.84. The quantitative estimate of drug-likeness (QED) is 0.575. The number of nitrogens with two attached hydrogens (primary N) is 1. The van der Waals surface area contributed by atoms with Crippen LogP contribution in [-0.2, 0) is 14.7 Å². The van der Waals surface area contributed by atoms with Gasteiger partial charge >= 0.3 is 8.03 Å². The van der Waals surface area contributed by atoms with Crippen molar-refractivity contribution in [3.8, 4) is 0 Å². The Kier molecular flexibility index (Phi) is 6.99. The van der Waals surface area contributed by atoms with Gasteiger partial charge in [-0.25, -0.2) is 4.39 Å². The highest BCUT2D eigenvalue weighted by Crippen LogP contribution is 2.18. The van der Waals surface area contributed by atoms with Crippen molar-refractivity contribution in [3.05, 3.63) is 42.5 Å². The summed E-state index contributed by atoms with van der Waals surface area (Å²) in [5.41, 5.74) is 4.81. The molecule has 0 saturated carbocycles. The van der Waals surface area contributed by atoms with Gasteiger partial charge in [-0.3, -0.25) is 4.55 Å². The number of fused-ring (bicyclic) bond motifs is 1. The molecule has 0 aliphatic carbocycles. The fourth-order valence-electron chi connectivity index (χ4n) is 1.57. The molecule has 0 heterocycles. The van der Waals surface area contributed by atoms with Crippen LogP contribution in [0.15, 0.2) is 47.4 Å². The topological polar surface area (TPSA) is 118 Å². The average Bonchev–Trinajstić information content (AvgIpc) is 2.45. The summed E-state index contributed by atoms with van der Waals surface area (Å²) in [5.74, 6) is 0. The molecule has 2 atom stereocenters. The van der Waals surface area contributed by atoms with E-state index in [0.29, 0.717) is 0 Å². The molecule has 0 fully saturated rings. The Hall–Kier alpha value is -1.44. The van der Waals surface area contributed by atoms with Crippen LogP contribution in [0.4, 0.5) is 4.39 Å². The standard InChI is InChI=1S/C10H8O3S.C3H7FNO2P/c11-14(12,13)10-6-5-8-3-1-2-4-9(8)7-10;4-3(1-5)2-8(6)7/h1-7H,(H,11,12,13);3H,1-2,5H2/p+1. The summed E-state index contributed by atoms with van der Waals surface area (Å²) in [4.78, 5) is 7.99. The van der Waals surface area contributed by atoms with Gasteiger partial charge in [0.25, 0.3) is 10.1 Å². The summed E-state index contributed by atoms with van der Waals surface area (Å²) in [5, 5.41) is 1.74. The van der Waals surface area contributed by atoms with Gasteiger partial charge in [0.05, 0.1) is 4.90 Å². The molecule has 0 amide bonds. The smallest absolute Gasteiger partial charge is 0.328 e. The van der Waals surface area contributed by atoms with E-state index in [1.807, 2.05) is 18.2 Å². The second-order valence-electron chi connectivity index (χ2n) is 4.35. The Labute approximate surface area is 128 Å². The average molecular weight is 348 g/mol. The molecule has 2 aromatic rings. The molecular weight excluding hydrogens is 332 g/mol. The van der Waals surface area contributed by atoms with E-state index in [4.69, 9.17) is 15.2 Å². The molecule has 0 aliphatic heterocycles. The van der Waals surface area contributed by atoms with Gasteiger partial charge in [-0.1, -0.05) is 30.3 Å². The number of alkyl halides is 1. The van der Waals surface area contributed by atoms with E-state index < -0.39 is 24.3 Å². The molecule has 0 aliphatic rings. The molecule has 0 saturated heterocycles. The molecule has 9 heteroatoms. The molecule has 0 spiro atoms. The van der Waals surface area contributed by atoms with E-state index in [9.17, 15) is 17.4 Å². The van der Waals surface area contributed by atoms with E-state index in [2.05, 4.69) is 0 Å². The van der Waals surface area contributed by atoms with Crippen LogP contribution < -0.4 is 5.73 Å². The Morgan fingerprint density at radius 2 is 1.77 bits per heavy atom. The molecule has 2 rings (SSSR count). The highest BCUT2D eigenvalue weighted by molar-refractivity contribution is 7.85. The van der Waals surface area contributed by atoms with Gasteiger partial charge in [-0.15, -0.1) is 0 Å². The number of halogens is 1. The van der Waals surface area contributed by atoms with Crippen molar-refractivity contribution in [3.63, 3.8) is 0 Å². The van der Waals surface area contributed by atoms with E-state index in [1.54, 1.807) is 12.1 Å². The SMILES string of the molecule is NCC(F)C[P+](=O)O.O=S(=O)(O)c1ccc2ccccc2c1. The van der Waals surface area contributed by atoms with Crippen LogP contribution in [-0.4, -0.2) is 36.7 Å². The number of hydrogen-bond acceptors (Lipinski definition) is 4. The lowest BCUT2D eigenvalue weighted by molar-refractivity contribution is 0.364. The Morgan fingerprint density at radius 3 is 2.23 bits per heavy atom. The summed E-state index contributed by atoms with van der Waals surface area (Å²) in [7, 11) is -6.44. The zero-order chi connectivity index (χ0) is 16.8. The van der Waals surface area contributed by atoms with Crippen molar-refractivity contribution in [1.29, 1.82) is 0 Å². The van der Waals surface area contributed by atoms with Gasteiger partial charge in [-0.05, 0) is 27.5 Å². The summed E-state index contributed by atoms with van der Waals surface area (Å²) in [6.45, 7) is -0.179. The Morgan fingerprint density at radius 1 is 1.18 bits per heavy atom. The fourth-order valence-corrected chi connectivity index (χ4v) is 2.58. The molecule has 120 valence electrons. The van der Waals surface area contributed by atoms with E-state index in [0.717, 1.165) is 10.8 Å². The van der Waals surface area contributed by atoms with Crippen molar-refractivity contribution in [2.75, 3.05) is 12.7 Å². The summed E-state index contributed by atoms with van der Waals surface area (Å²) in [6.07, 6.45) is -1.67. The predicted octanol–water partition coefficient (Wildman–Crippen LogP) is 2.10. The van der Waals surface area contributed by atoms with Crippen molar-refractivity contribution in [1.82, 2.24) is 0 Å². The monoisotopic (exact) mass is 348 g/mol. The maximum atomic E-state index is 11.9. The van der Waals surface area contributed by atoms with Gasteiger partial charge in [0.2, 0.25) is 6.16 Å². The van der Waals surface area contributed by atoms with Crippen LogP contribution in [0, 0.1) is 0 Å². The molecule has 0 aromatic heterocycles. The minimum Gasteiger partial charge on any atom is -0.328 e. The number of hydrogen-bond donors (Lipinski definition) is 3. The van der Waals surface area contributed by atoms with Crippen LogP contribution in [0.3, 0.4) is 0 Å². The van der Waals surface area contributed by atoms with Gasteiger partial charge in [0, 0.05) is 6.54 Å². The molecule has 2 aromatic carbocycles. The lowest BCUT2D eigenvalue weighted by atomic mass is 10.1. The van der Waals surface area contributed by atoms with Crippen molar-refractivity contribution < 1.29 is 26.8 Å². The number of rotatable bonds is 4. The highest BCUT2D eigenvalue weighted by Gasteiger charge is 2.18. The van der Waals surface area contributed by atoms with Crippen LogP contribution in [0.2, 0.25) is 0 Å². The molecule has 0 radical (unpaired) electrons. The maximum absolute atomic E-state index is 11.9. The first-order valence-corrected chi connectivity index (χ1v) is 9.01. The lowest BCUT2D eigenvalue weighted by Gasteiger charge is -1.99. The molecule has 6 nitrogen and oxygen atoms in total. The van der Waals surface area contributed by atoms with Crippen molar-refractivity contribution in [2.24, 2.45) is 5.73 Å². The van der Waals surface area contributed by atoms with Crippen molar-refractivity contribution in [2.45, 2.75) is 11.1 Å². The first kappa shape index (κ1) is 18.6. The van der Waals surface area contributed by atoms with Crippen molar-refractivity contribution >= 4 is 28.9 Å². The van der Waals surface area contributed by atoms with Crippen LogP contribution in [0.25, 0.3) is 10.8 Å². The molecular formula is C13H16FNO5PS+. The largest absolute Gasteiger partial charge is 0.508 e. The number of benzene rings is 2. The third kappa shape index (κ3) is 6.13. The van der Waals surface area contributed by atoms with Gasteiger partial charge in [-0.2, -0.15) is 13.3 Å². The predicted molar refractivity (Wildman–Crippen MR) is 82.4 cm³/mol. The Balaban J connectivity index is 0.000000261. The zero-order valence-corrected chi connectivity index (χ0v) is 13.2. The zero-order valence-electron chi connectivity index (χ0n) is 11.5. The van der Waals surface area contributed by atoms with E-state index >= 15 is 0 Å². The van der Waals surface area contributed by atoms with Crippen LogP contribution in [0.5, 0.6) is 0 Å². The van der Waals surface area contributed by atoms with Crippen LogP contribution >= 0.6 is 8.03 Å². The third-order valence-electron chi connectivity index (χ3n) is 2.63. The van der Waals surface area contributed by atoms with E-state index in [1.165, 1.54) is 12.1 Å². The maximum Gasteiger partial charge on any atom is 0.508 e. The van der Waals surface area contributed by atoms with Gasteiger partial charge in [0.1, 0.15) is 0 Å². The first-order valence-electron chi connectivity index (χ1n) is 6.18. The normalized spacial score (nSPS) is 13.2. The van der Waals surface area contributed by atoms with Gasteiger partial charge in [0.15, 0.2) is 6.17 Å². The molecule has 4 N–H and O–H groups in total. The molecule has 2 unspecified atom stereocenters. The van der Waals surface area contributed by atoms with Gasteiger partial charge < -0.3 is 5.73 Å². The summed E-state index contributed by atoms with van der Waals surface area (Å²) < 4.78 is 52.2. The van der Waals surface area contributed by atoms with Crippen LogP contribution in [0.1, 0.15) is 0 Å². The molecule has 0 bridgehead atoms. The lowest BCUT2D eigenvalue weighted by Crippen LogP contribution is -2.17. The summed E-state index contributed by atoms with van der Waals surface area (Å²) in [6, 6.07) is 11.9. The minimum absolute atomic E-state index is 0.0730. The minimum atomic E-state index is -4.09. The highest BCUT2D eigenvalue weighted by atomic mass is 32.2. The first-order chi connectivity index (χ1) is 10.2. The third-order valence-corrected chi connectivity index (χ3v) is 4.19.